The van der Waals surface area contributed by atoms with Gasteiger partial charge in [-0.1, -0.05) is 24.3 Å². The molecule has 374 valence electrons. The number of ether oxygens (including phenoxy) is 5. The molecule has 3 saturated heterocycles. The molecular formula is C50H56F6N8O6. The molecule has 5 aromatic rings. The number of hydrogen-bond donors (Lipinski definition) is 0. The van der Waals surface area contributed by atoms with Gasteiger partial charge in [-0.25, -0.2) is 27.9 Å². The summed E-state index contributed by atoms with van der Waals surface area (Å²) in [6.07, 6.45) is -4.20. The van der Waals surface area contributed by atoms with Gasteiger partial charge in [0, 0.05) is 52.2 Å². The Morgan fingerprint density at radius 1 is 0.800 bits per heavy atom. The van der Waals surface area contributed by atoms with E-state index in [2.05, 4.69) is 15.0 Å². The lowest BCUT2D eigenvalue weighted by molar-refractivity contribution is -0.137. The van der Waals surface area contributed by atoms with E-state index in [1.807, 2.05) is 29.2 Å². The first-order valence-corrected chi connectivity index (χ1v) is 23.2. The number of carbonyl (C=O) groups is 1. The van der Waals surface area contributed by atoms with E-state index in [1.54, 1.807) is 69.1 Å². The van der Waals surface area contributed by atoms with Gasteiger partial charge in [0.1, 0.15) is 57.6 Å². The van der Waals surface area contributed by atoms with Gasteiger partial charge in [0.2, 0.25) is 5.88 Å². The van der Waals surface area contributed by atoms with Crippen LogP contribution >= 0.6 is 0 Å². The summed E-state index contributed by atoms with van der Waals surface area (Å²) in [5.41, 5.74) is -4.56. The molecule has 3 aliphatic heterocycles. The molecule has 9 rings (SSSR count). The number of rotatable bonds is 13. The molecule has 6 heterocycles. The van der Waals surface area contributed by atoms with Crippen molar-refractivity contribution in [3.63, 3.8) is 0 Å². The third-order valence-corrected chi connectivity index (χ3v) is 13.8. The van der Waals surface area contributed by atoms with Gasteiger partial charge in [0.05, 0.1) is 37.8 Å². The SMILES string of the molecule is COc1ccc(CN(Cc2ccc(OC)cc2)c2cc(C)c(C(F)(F)F)c(-c3nc(OC)c4c(N5CCN(C(=O)OC(C)(C)C)CC5)nc(OC[C@@]56CCCN5CC5(CC5(F)F)C6)nc4c3F)n2)cc1. The molecular weight excluding hydrogens is 923 g/mol. The van der Waals surface area contributed by atoms with Crippen molar-refractivity contribution in [3.8, 4) is 34.8 Å². The van der Waals surface area contributed by atoms with Gasteiger partial charge in [-0.05, 0) is 101 Å². The predicted octanol–water partition coefficient (Wildman–Crippen LogP) is 9.49. The molecule has 2 atom stereocenters. The third kappa shape index (κ3) is 9.37. The minimum atomic E-state index is -5.03. The summed E-state index contributed by atoms with van der Waals surface area (Å²) in [6, 6.07) is 15.4. The van der Waals surface area contributed by atoms with Crippen LogP contribution in [0.25, 0.3) is 22.3 Å². The van der Waals surface area contributed by atoms with Crippen LogP contribution in [0, 0.1) is 18.2 Å². The number of amides is 1. The smallest absolute Gasteiger partial charge is 0.418 e. The summed E-state index contributed by atoms with van der Waals surface area (Å²) in [6.45, 7) is 8.37. The fourth-order valence-electron chi connectivity index (χ4n) is 10.2. The highest BCUT2D eigenvalue weighted by Crippen LogP contribution is 2.69. The zero-order valence-electron chi connectivity index (χ0n) is 40.2. The topological polar surface area (TPSA) is 128 Å². The first-order valence-electron chi connectivity index (χ1n) is 23.2. The lowest BCUT2D eigenvalue weighted by atomic mass is 9.89. The molecule has 1 spiro atoms. The van der Waals surface area contributed by atoms with Gasteiger partial charge in [-0.15, -0.1) is 0 Å². The first-order chi connectivity index (χ1) is 33.1. The number of fused-ring (bicyclic) bond motifs is 2. The minimum Gasteiger partial charge on any atom is -0.497 e. The molecule has 4 fully saturated rings. The fraction of sp³-hybridized carbons (Fsp3) is 0.500. The van der Waals surface area contributed by atoms with E-state index in [9.17, 15) is 13.6 Å². The van der Waals surface area contributed by atoms with Gasteiger partial charge in [0.15, 0.2) is 5.82 Å². The fourth-order valence-corrected chi connectivity index (χ4v) is 10.2. The Balaban J connectivity index is 1.16. The number of aromatic nitrogens is 4. The Morgan fingerprint density at radius 2 is 1.41 bits per heavy atom. The highest BCUT2D eigenvalue weighted by atomic mass is 19.4. The van der Waals surface area contributed by atoms with E-state index < -0.39 is 63.0 Å². The average molecular weight is 979 g/mol. The number of carbonyl (C=O) groups excluding carboxylic acids is 1. The van der Waals surface area contributed by atoms with E-state index in [1.165, 1.54) is 25.0 Å². The second kappa shape index (κ2) is 18.1. The van der Waals surface area contributed by atoms with Crippen molar-refractivity contribution in [2.75, 3.05) is 77.0 Å². The molecule has 1 unspecified atom stereocenters. The summed E-state index contributed by atoms with van der Waals surface area (Å²) in [4.78, 5) is 38.5. The van der Waals surface area contributed by atoms with Gasteiger partial charge < -0.3 is 38.4 Å². The van der Waals surface area contributed by atoms with E-state index >= 15 is 17.6 Å². The number of methoxy groups -OCH3 is 3. The number of pyridine rings is 2. The summed E-state index contributed by atoms with van der Waals surface area (Å²) in [7, 11) is 4.33. The van der Waals surface area contributed by atoms with Crippen LogP contribution in [0.15, 0.2) is 54.6 Å². The standard InChI is InChI=1S/C50H56F6N8O6/c1-30-23-35(63(24-31-9-13-33(66-5)14-10-31)25-32-11-15-34(67-6)16-12-32)57-40(37(30)50(54,55)56)41-38(51)39-36(43(58-41)68-7)42(61-19-21-62(22-20-61)45(65)70-46(2,3)4)60-44(59-39)69-29-48-17-8-18-64(48)28-47(26-48)27-49(47,52)53/h9-16,23H,8,17-22,24-29H2,1-7H3/t47?,48-/m0/s1. The van der Waals surface area contributed by atoms with Gasteiger partial charge >= 0.3 is 18.3 Å². The van der Waals surface area contributed by atoms with Crippen molar-refractivity contribution in [1.82, 2.24) is 29.7 Å². The van der Waals surface area contributed by atoms with Crippen LogP contribution in [-0.4, -0.2) is 120 Å². The van der Waals surface area contributed by atoms with Crippen molar-refractivity contribution in [2.24, 2.45) is 5.41 Å². The molecule has 2 aromatic carbocycles. The zero-order valence-corrected chi connectivity index (χ0v) is 40.2. The molecule has 1 amide bonds. The molecule has 0 bridgehead atoms. The average Bonchev–Trinajstić information content (AvgIpc) is 3.51. The Labute approximate surface area is 401 Å². The Hall–Kier alpha value is -6.31. The van der Waals surface area contributed by atoms with Crippen LogP contribution < -0.4 is 28.7 Å². The molecule has 0 N–H and O–H groups in total. The third-order valence-electron chi connectivity index (χ3n) is 13.8. The maximum Gasteiger partial charge on any atom is 0.418 e. The van der Waals surface area contributed by atoms with Gasteiger partial charge in [-0.2, -0.15) is 23.1 Å². The number of benzene rings is 2. The minimum absolute atomic E-state index is 0.0537. The first kappa shape index (κ1) is 48.7. The second-order valence-corrected chi connectivity index (χ2v) is 19.7. The summed E-state index contributed by atoms with van der Waals surface area (Å²) in [5.74, 6) is -2.91. The van der Waals surface area contributed by atoms with Crippen molar-refractivity contribution in [1.29, 1.82) is 0 Å². The number of nitrogens with zero attached hydrogens (tertiary/aromatic N) is 8. The normalized spacial score (nSPS) is 21.0. The highest BCUT2D eigenvalue weighted by molar-refractivity contribution is 5.97. The summed E-state index contributed by atoms with van der Waals surface area (Å²) < 4.78 is 122. The van der Waals surface area contributed by atoms with Crippen LogP contribution in [-0.2, 0) is 24.0 Å². The van der Waals surface area contributed by atoms with Crippen molar-refractivity contribution >= 4 is 28.6 Å². The quantitative estimate of drug-likeness (QED) is 0.104. The zero-order chi connectivity index (χ0) is 50.0. The highest BCUT2D eigenvalue weighted by Gasteiger charge is 2.77. The molecule has 1 aliphatic carbocycles. The number of aryl methyl sites for hydroxylation is 1. The summed E-state index contributed by atoms with van der Waals surface area (Å²) >= 11 is 0. The lowest BCUT2D eigenvalue weighted by Crippen LogP contribution is -2.50. The Morgan fingerprint density at radius 3 is 1.96 bits per heavy atom. The van der Waals surface area contributed by atoms with Gasteiger partial charge in [0.25, 0.3) is 5.92 Å². The molecule has 20 heteroatoms. The monoisotopic (exact) mass is 978 g/mol. The lowest BCUT2D eigenvalue weighted by Gasteiger charge is -2.36. The van der Waals surface area contributed by atoms with Crippen molar-refractivity contribution < 1.29 is 54.8 Å². The van der Waals surface area contributed by atoms with E-state index in [-0.39, 0.29) is 99.7 Å². The number of hydrogen-bond acceptors (Lipinski definition) is 13. The van der Waals surface area contributed by atoms with Gasteiger partial charge in [-0.3, -0.25) is 4.90 Å². The van der Waals surface area contributed by atoms with Crippen molar-refractivity contribution in [3.05, 3.63) is 82.7 Å². The number of piperazine rings is 1. The maximum absolute atomic E-state index is 17.9. The molecule has 3 aromatic heterocycles. The molecule has 14 nitrogen and oxygen atoms in total. The Kier molecular flexibility index (Phi) is 12.6. The van der Waals surface area contributed by atoms with E-state index in [0.29, 0.717) is 24.5 Å². The summed E-state index contributed by atoms with van der Waals surface area (Å²) in [5, 5.41) is -0.0537. The van der Waals surface area contributed by atoms with Crippen molar-refractivity contribution in [2.45, 2.75) is 89.7 Å². The number of anilines is 2. The van der Waals surface area contributed by atoms with Crippen LogP contribution in [0.2, 0.25) is 0 Å². The molecule has 1 saturated carbocycles. The second-order valence-electron chi connectivity index (χ2n) is 19.7. The molecule has 70 heavy (non-hydrogen) atoms. The molecule has 4 aliphatic rings. The van der Waals surface area contributed by atoms with Crippen LogP contribution in [0.5, 0.6) is 23.4 Å². The van der Waals surface area contributed by atoms with Crippen LogP contribution in [0.3, 0.4) is 0 Å². The van der Waals surface area contributed by atoms with E-state index in [0.717, 1.165) is 17.5 Å². The van der Waals surface area contributed by atoms with Crippen LogP contribution in [0.4, 0.5) is 42.8 Å². The number of halogens is 6. The Bertz CT molecular complexity index is 2720. The predicted molar refractivity (Wildman–Crippen MR) is 248 cm³/mol. The maximum atomic E-state index is 17.9. The largest absolute Gasteiger partial charge is 0.497 e. The number of alkyl halides is 5. The van der Waals surface area contributed by atoms with Crippen LogP contribution in [0.1, 0.15) is 68.7 Å². The molecule has 0 radical (unpaired) electrons. The van der Waals surface area contributed by atoms with E-state index in [4.69, 9.17) is 28.7 Å².